The molecule has 0 spiro atoms. The zero-order valence-electron chi connectivity index (χ0n) is 24.4. The van der Waals surface area contributed by atoms with Gasteiger partial charge in [0.25, 0.3) is 0 Å². The molecule has 0 aliphatic carbocycles. The van der Waals surface area contributed by atoms with E-state index in [1.54, 1.807) is 58.8 Å². The van der Waals surface area contributed by atoms with Gasteiger partial charge in [-0.2, -0.15) is 0 Å². The number of carbonyl (C=O) groups excluding carboxylic acids is 3. The SMILES string of the molecule is CC(C)=O.COc1cc(C=CC(=O)C=Cc2ccc(OC)c(OC)c2)ccc1C.COc1cc(C=O)ccc1C. The fraction of sp³-hybridized carbons (Fsp3) is 0.242. The van der Waals surface area contributed by atoms with Crippen molar-refractivity contribution < 1.29 is 33.3 Å². The minimum Gasteiger partial charge on any atom is -0.496 e. The molecule has 0 bridgehead atoms. The Morgan fingerprint density at radius 2 is 0.950 bits per heavy atom. The Bertz CT molecular complexity index is 1330. The van der Waals surface area contributed by atoms with Crippen molar-refractivity contribution in [2.45, 2.75) is 27.7 Å². The van der Waals surface area contributed by atoms with Crippen LogP contribution in [0.2, 0.25) is 0 Å². The second kappa shape index (κ2) is 17.8. The van der Waals surface area contributed by atoms with Gasteiger partial charge < -0.3 is 23.7 Å². The Balaban J connectivity index is 0.000000439. The summed E-state index contributed by atoms with van der Waals surface area (Å²) < 4.78 is 20.8. The van der Waals surface area contributed by atoms with Crippen LogP contribution in [-0.2, 0) is 9.59 Å². The summed E-state index contributed by atoms with van der Waals surface area (Å²) in [6.07, 6.45) is 7.36. The van der Waals surface area contributed by atoms with Crippen LogP contribution < -0.4 is 18.9 Å². The van der Waals surface area contributed by atoms with E-state index < -0.39 is 0 Å². The van der Waals surface area contributed by atoms with E-state index in [1.807, 2.05) is 50.2 Å². The quantitative estimate of drug-likeness (QED) is 0.217. The molecule has 40 heavy (non-hydrogen) atoms. The summed E-state index contributed by atoms with van der Waals surface area (Å²) >= 11 is 0. The summed E-state index contributed by atoms with van der Waals surface area (Å²) in [5.41, 5.74) is 4.51. The number of aryl methyl sites for hydroxylation is 2. The highest BCUT2D eigenvalue weighted by Crippen LogP contribution is 2.28. The van der Waals surface area contributed by atoms with Crippen molar-refractivity contribution >= 4 is 30.0 Å². The first-order valence-electron chi connectivity index (χ1n) is 12.4. The minimum absolute atomic E-state index is 0.102. The maximum absolute atomic E-state index is 12.0. The van der Waals surface area contributed by atoms with Gasteiger partial charge in [0.2, 0.25) is 0 Å². The zero-order valence-corrected chi connectivity index (χ0v) is 24.4. The number of carbonyl (C=O) groups is 3. The van der Waals surface area contributed by atoms with E-state index in [9.17, 15) is 14.4 Å². The van der Waals surface area contributed by atoms with E-state index in [1.165, 1.54) is 26.0 Å². The molecule has 0 heterocycles. The van der Waals surface area contributed by atoms with Crippen molar-refractivity contribution in [1.82, 2.24) is 0 Å². The second-order valence-electron chi connectivity index (χ2n) is 8.67. The fourth-order valence-corrected chi connectivity index (χ4v) is 3.22. The number of ether oxygens (including phenoxy) is 4. The number of ketones is 2. The summed E-state index contributed by atoms with van der Waals surface area (Å²) in [6, 6.07) is 16.6. The van der Waals surface area contributed by atoms with Crippen LogP contribution in [0.5, 0.6) is 23.0 Å². The van der Waals surface area contributed by atoms with E-state index in [-0.39, 0.29) is 11.6 Å². The molecule has 0 saturated heterocycles. The lowest BCUT2D eigenvalue weighted by Crippen LogP contribution is -1.91. The van der Waals surface area contributed by atoms with E-state index in [2.05, 4.69) is 0 Å². The van der Waals surface area contributed by atoms with Crippen LogP contribution in [0.4, 0.5) is 0 Å². The molecule has 0 saturated carbocycles. The molecule has 0 atom stereocenters. The van der Waals surface area contributed by atoms with Gasteiger partial charge in [-0.3, -0.25) is 9.59 Å². The smallest absolute Gasteiger partial charge is 0.178 e. The monoisotopic (exact) mass is 546 g/mol. The summed E-state index contributed by atoms with van der Waals surface area (Å²) in [6.45, 7) is 6.97. The van der Waals surface area contributed by atoms with E-state index in [0.29, 0.717) is 17.1 Å². The first kappa shape index (κ1) is 33.4. The van der Waals surface area contributed by atoms with Crippen LogP contribution in [0.15, 0.2) is 66.7 Å². The summed E-state index contributed by atoms with van der Waals surface area (Å²) in [5, 5.41) is 0. The summed E-state index contributed by atoms with van der Waals surface area (Å²) in [7, 11) is 6.39. The number of benzene rings is 3. The highest BCUT2D eigenvalue weighted by molar-refractivity contribution is 6.04. The Hall–Kier alpha value is -4.65. The van der Waals surface area contributed by atoms with Crippen LogP contribution >= 0.6 is 0 Å². The lowest BCUT2D eigenvalue weighted by Gasteiger charge is -2.07. The van der Waals surface area contributed by atoms with Crippen LogP contribution in [0.25, 0.3) is 12.2 Å². The number of aldehydes is 1. The van der Waals surface area contributed by atoms with Crippen molar-refractivity contribution in [3.63, 3.8) is 0 Å². The molecule has 0 aliphatic rings. The number of rotatable bonds is 9. The summed E-state index contributed by atoms with van der Waals surface area (Å²) in [5.74, 6) is 2.90. The van der Waals surface area contributed by atoms with Crippen LogP contribution in [-0.4, -0.2) is 46.3 Å². The van der Waals surface area contributed by atoms with Crippen LogP contribution in [0, 0.1) is 13.8 Å². The standard InChI is InChI=1S/C21H22O4.C9H10O2.C3H6O/c1-15-5-6-16(13-20(15)24-3)7-10-18(22)11-8-17-9-12-19(23-2)21(14-17)25-4;1-7-3-4-8(6-10)5-9(7)11-2;1-3(2)4/h5-14H,1-4H3;3-6H,1-2H3;1-2H3. The van der Waals surface area contributed by atoms with Crippen LogP contribution in [0.3, 0.4) is 0 Å². The lowest BCUT2D eigenvalue weighted by atomic mass is 10.1. The number of Topliss-reactive ketones (excluding diaryl/α,β-unsaturated/α-hetero) is 1. The third-order valence-electron chi connectivity index (χ3n) is 5.29. The highest BCUT2D eigenvalue weighted by atomic mass is 16.5. The van der Waals surface area contributed by atoms with Gasteiger partial charge in [0.15, 0.2) is 17.3 Å². The Kier molecular flexibility index (Phi) is 14.8. The Labute approximate surface area is 237 Å². The van der Waals surface area contributed by atoms with Gasteiger partial charge in [-0.15, -0.1) is 0 Å². The predicted octanol–water partition coefficient (Wildman–Crippen LogP) is 6.73. The van der Waals surface area contributed by atoms with Gasteiger partial charge in [0.05, 0.1) is 28.4 Å². The molecule has 0 aliphatic heterocycles. The molecule has 0 radical (unpaired) electrons. The Morgan fingerprint density at radius 3 is 1.38 bits per heavy atom. The normalized spacial score (nSPS) is 10.1. The van der Waals surface area contributed by atoms with Gasteiger partial charge >= 0.3 is 0 Å². The van der Waals surface area contributed by atoms with Gasteiger partial charge in [0.1, 0.15) is 23.6 Å². The van der Waals surface area contributed by atoms with Gasteiger partial charge in [-0.05, 0) is 86.4 Å². The topological polar surface area (TPSA) is 88.1 Å². The molecular weight excluding hydrogens is 508 g/mol. The molecule has 0 unspecified atom stereocenters. The number of hydrogen-bond donors (Lipinski definition) is 0. The maximum Gasteiger partial charge on any atom is 0.178 e. The molecule has 3 aromatic carbocycles. The molecule has 3 aromatic rings. The molecule has 212 valence electrons. The molecule has 0 amide bonds. The maximum atomic E-state index is 12.0. The zero-order chi connectivity index (χ0) is 30.1. The molecule has 7 nitrogen and oxygen atoms in total. The van der Waals surface area contributed by atoms with Gasteiger partial charge in [-0.25, -0.2) is 0 Å². The third kappa shape index (κ3) is 11.8. The largest absolute Gasteiger partial charge is 0.496 e. The van der Waals surface area contributed by atoms with Crippen molar-refractivity contribution in [1.29, 1.82) is 0 Å². The minimum atomic E-state index is -0.102. The number of methoxy groups -OCH3 is 4. The highest BCUT2D eigenvalue weighted by Gasteiger charge is 2.03. The predicted molar refractivity (Wildman–Crippen MR) is 160 cm³/mol. The number of hydrogen-bond acceptors (Lipinski definition) is 7. The molecule has 7 heteroatoms. The molecule has 0 fully saturated rings. The number of allylic oxidation sites excluding steroid dienone is 2. The van der Waals surface area contributed by atoms with Crippen molar-refractivity contribution in [3.05, 3.63) is 94.6 Å². The van der Waals surface area contributed by atoms with E-state index in [4.69, 9.17) is 18.9 Å². The van der Waals surface area contributed by atoms with Gasteiger partial charge in [-0.1, -0.05) is 42.5 Å². The first-order chi connectivity index (χ1) is 19.1. The second-order valence-corrected chi connectivity index (χ2v) is 8.67. The Morgan fingerprint density at radius 1 is 0.575 bits per heavy atom. The third-order valence-corrected chi connectivity index (χ3v) is 5.29. The fourth-order valence-electron chi connectivity index (χ4n) is 3.22. The first-order valence-corrected chi connectivity index (χ1v) is 12.4. The average molecular weight is 547 g/mol. The van der Waals surface area contributed by atoms with Crippen molar-refractivity contribution in [2.75, 3.05) is 28.4 Å². The lowest BCUT2D eigenvalue weighted by molar-refractivity contribution is -0.115. The molecule has 0 N–H and O–H groups in total. The van der Waals surface area contributed by atoms with E-state index in [0.717, 1.165) is 40.0 Å². The molecule has 3 rings (SSSR count). The van der Waals surface area contributed by atoms with Crippen molar-refractivity contribution in [2.24, 2.45) is 0 Å². The summed E-state index contributed by atoms with van der Waals surface area (Å²) in [4.78, 5) is 31.8. The average Bonchev–Trinajstić information content (AvgIpc) is 2.95. The van der Waals surface area contributed by atoms with Crippen LogP contribution in [0.1, 0.15) is 46.5 Å². The van der Waals surface area contributed by atoms with Crippen molar-refractivity contribution in [3.8, 4) is 23.0 Å². The molecular formula is C33H38O7. The van der Waals surface area contributed by atoms with E-state index >= 15 is 0 Å². The molecule has 0 aromatic heterocycles. The van der Waals surface area contributed by atoms with Gasteiger partial charge in [0, 0.05) is 5.56 Å².